The number of carbonyl (C=O) groups is 1. The maximum absolute atomic E-state index is 14.0. The summed E-state index contributed by atoms with van der Waals surface area (Å²) in [6.45, 7) is 6.79. The molecule has 0 spiro atoms. The summed E-state index contributed by atoms with van der Waals surface area (Å²) < 4.78 is 19.4. The summed E-state index contributed by atoms with van der Waals surface area (Å²) in [6, 6.07) is 12.4. The predicted octanol–water partition coefficient (Wildman–Crippen LogP) is 3.29. The van der Waals surface area contributed by atoms with Crippen LogP contribution in [-0.2, 0) is 4.79 Å². The van der Waals surface area contributed by atoms with Crippen LogP contribution in [0.1, 0.15) is 12.5 Å². The van der Waals surface area contributed by atoms with Gasteiger partial charge >= 0.3 is 0 Å². The van der Waals surface area contributed by atoms with E-state index in [0.717, 1.165) is 43.2 Å². The van der Waals surface area contributed by atoms with E-state index < -0.39 is 5.82 Å². The number of nitrogens with one attached hydrogen (secondary N) is 1. The fourth-order valence-corrected chi connectivity index (χ4v) is 3.37. The first-order chi connectivity index (χ1) is 13.0. The molecule has 144 valence electrons. The topological polar surface area (TPSA) is 44.8 Å². The molecule has 1 aliphatic rings. The van der Waals surface area contributed by atoms with Gasteiger partial charge in [0.15, 0.2) is 0 Å². The molecule has 0 unspecified atom stereocenters. The van der Waals surface area contributed by atoms with Gasteiger partial charge in [-0.2, -0.15) is 0 Å². The Morgan fingerprint density at radius 2 is 1.85 bits per heavy atom. The van der Waals surface area contributed by atoms with Gasteiger partial charge in [0.25, 0.3) is 0 Å². The highest BCUT2D eigenvalue weighted by molar-refractivity contribution is 5.94. The van der Waals surface area contributed by atoms with E-state index in [2.05, 4.69) is 15.1 Å². The van der Waals surface area contributed by atoms with Gasteiger partial charge in [-0.3, -0.25) is 9.69 Å². The van der Waals surface area contributed by atoms with Crippen molar-refractivity contribution in [3.8, 4) is 5.75 Å². The molecule has 2 aromatic rings. The van der Waals surface area contributed by atoms with Crippen molar-refractivity contribution < 1.29 is 13.9 Å². The maximum atomic E-state index is 14.0. The minimum Gasteiger partial charge on any atom is -0.495 e. The van der Waals surface area contributed by atoms with Crippen LogP contribution in [-0.4, -0.2) is 50.1 Å². The average Bonchev–Trinajstić information content (AvgIpc) is 2.69. The number of nitrogens with zero attached hydrogens (tertiary/aromatic N) is 2. The van der Waals surface area contributed by atoms with Crippen molar-refractivity contribution in [1.29, 1.82) is 0 Å². The molecule has 5 nitrogen and oxygen atoms in total. The summed E-state index contributed by atoms with van der Waals surface area (Å²) in [4.78, 5) is 16.9. The lowest BCUT2D eigenvalue weighted by molar-refractivity contribution is -0.120. The first kappa shape index (κ1) is 19.2. The molecule has 1 N–H and O–H groups in total. The quantitative estimate of drug-likeness (QED) is 0.876. The van der Waals surface area contributed by atoms with Gasteiger partial charge in [0.1, 0.15) is 11.6 Å². The number of carbonyl (C=O) groups excluding carboxylic acids is 1. The molecule has 6 heteroatoms. The lowest BCUT2D eigenvalue weighted by atomic mass is 10.1. The Balaban J connectivity index is 1.59. The predicted molar refractivity (Wildman–Crippen MR) is 106 cm³/mol. The zero-order valence-electron chi connectivity index (χ0n) is 16.0. The number of piperazine rings is 1. The molecule has 1 amide bonds. The monoisotopic (exact) mass is 371 g/mol. The van der Waals surface area contributed by atoms with Crippen LogP contribution >= 0.6 is 0 Å². The molecule has 0 radical (unpaired) electrons. The number of anilines is 2. The fourth-order valence-electron chi connectivity index (χ4n) is 3.37. The number of methoxy groups -OCH3 is 1. The molecular formula is C21H26FN3O2. The SMILES string of the molecule is COc1ccccc1N1CCN([C@@H](C)C(=O)Nc2ccc(C)cc2F)CC1. The number of hydrogen-bond acceptors (Lipinski definition) is 4. The summed E-state index contributed by atoms with van der Waals surface area (Å²) in [5.74, 6) is 0.256. The molecule has 2 aromatic carbocycles. The lowest BCUT2D eigenvalue weighted by Gasteiger charge is -2.38. The van der Waals surface area contributed by atoms with Crippen molar-refractivity contribution in [3.05, 3.63) is 53.8 Å². The summed E-state index contributed by atoms with van der Waals surface area (Å²) in [7, 11) is 1.67. The van der Waals surface area contributed by atoms with E-state index >= 15 is 0 Å². The van der Waals surface area contributed by atoms with Crippen LogP contribution in [0.25, 0.3) is 0 Å². The number of benzene rings is 2. The minimum atomic E-state index is -0.406. The summed E-state index contributed by atoms with van der Waals surface area (Å²) in [6.07, 6.45) is 0. The van der Waals surface area contributed by atoms with Gasteiger partial charge < -0.3 is 15.0 Å². The molecule has 1 atom stereocenters. The molecule has 27 heavy (non-hydrogen) atoms. The highest BCUT2D eigenvalue weighted by atomic mass is 19.1. The van der Waals surface area contributed by atoms with Crippen molar-refractivity contribution in [3.63, 3.8) is 0 Å². The number of ether oxygens (including phenoxy) is 1. The second kappa shape index (κ2) is 8.39. The van der Waals surface area contributed by atoms with Gasteiger partial charge in [-0.15, -0.1) is 0 Å². The van der Waals surface area contributed by atoms with Crippen molar-refractivity contribution in [2.45, 2.75) is 19.9 Å². The van der Waals surface area contributed by atoms with Crippen LogP contribution in [0.15, 0.2) is 42.5 Å². The standard InChI is InChI=1S/C21H26FN3O2/c1-15-8-9-18(17(22)14-15)23-21(26)16(2)24-10-12-25(13-11-24)19-6-4-5-7-20(19)27-3/h4-9,14,16H,10-13H2,1-3H3,(H,23,26)/t16-/m0/s1. The van der Waals surface area contributed by atoms with Crippen molar-refractivity contribution in [2.75, 3.05) is 43.5 Å². The largest absolute Gasteiger partial charge is 0.495 e. The van der Waals surface area contributed by atoms with E-state index in [0.29, 0.717) is 0 Å². The van der Waals surface area contributed by atoms with E-state index in [-0.39, 0.29) is 17.6 Å². The third-order valence-corrected chi connectivity index (χ3v) is 5.05. The van der Waals surface area contributed by atoms with Gasteiger partial charge in [-0.25, -0.2) is 4.39 Å². The molecule has 1 aliphatic heterocycles. The molecule has 1 saturated heterocycles. The normalized spacial score (nSPS) is 16.1. The summed E-state index contributed by atoms with van der Waals surface area (Å²) in [5.41, 5.74) is 2.12. The number of amides is 1. The minimum absolute atomic E-state index is 0.191. The number of halogens is 1. The smallest absolute Gasteiger partial charge is 0.241 e. The molecular weight excluding hydrogens is 345 g/mol. The summed E-state index contributed by atoms with van der Waals surface area (Å²) >= 11 is 0. The number of aryl methyl sites for hydroxylation is 1. The third-order valence-electron chi connectivity index (χ3n) is 5.05. The second-order valence-corrected chi connectivity index (χ2v) is 6.84. The van der Waals surface area contributed by atoms with E-state index in [1.54, 1.807) is 19.2 Å². The van der Waals surface area contributed by atoms with Crippen molar-refractivity contribution in [1.82, 2.24) is 4.90 Å². The highest BCUT2D eigenvalue weighted by Gasteiger charge is 2.27. The van der Waals surface area contributed by atoms with E-state index in [4.69, 9.17) is 4.74 Å². The first-order valence-corrected chi connectivity index (χ1v) is 9.18. The van der Waals surface area contributed by atoms with Gasteiger partial charge in [0.05, 0.1) is 24.5 Å². The van der Waals surface area contributed by atoms with Gasteiger partial charge in [-0.1, -0.05) is 18.2 Å². The highest BCUT2D eigenvalue weighted by Crippen LogP contribution is 2.28. The first-order valence-electron chi connectivity index (χ1n) is 9.18. The molecule has 0 aromatic heterocycles. The van der Waals surface area contributed by atoms with Crippen LogP contribution in [0.4, 0.5) is 15.8 Å². The van der Waals surface area contributed by atoms with Gasteiger partial charge in [-0.05, 0) is 43.7 Å². The Kier molecular flexibility index (Phi) is 5.96. The number of hydrogen-bond donors (Lipinski definition) is 1. The molecule has 1 fully saturated rings. The molecule has 3 rings (SSSR count). The second-order valence-electron chi connectivity index (χ2n) is 6.84. The fraction of sp³-hybridized carbons (Fsp3) is 0.381. The summed E-state index contributed by atoms with van der Waals surface area (Å²) in [5, 5.41) is 2.71. The number of rotatable bonds is 5. The Morgan fingerprint density at radius 1 is 1.15 bits per heavy atom. The van der Waals surface area contributed by atoms with Gasteiger partial charge in [0.2, 0.25) is 5.91 Å². The Hall–Kier alpha value is -2.60. The van der Waals surface area contributed by atoms with Crippen LogP contribution < -0.4 is 15.0 Å². The molecule has 1 heterocycles. The van der Waals surface area contributed by atoms with Crippen LogP contribution in [0.3, 0.4) is 0 Å². The molecule has 0 bridgehead atoms. The zero-order valence-corrected chi connectivity index (χ0v) is 16.0. The van der Waals surface area contributed by atoms with Gasteiger partial charge in [0, 0.05) is 26.2 Å². The van der Waals surface area contributed by atoms with Crippen LogP contribution in [0.2, 0.25) is 0 Å². The average molecular weight is 371 g/mol. The van der Waals surface area contributed by atoms with Crippen molar-refractivity contribution in [2.24, 2.45) is 0 Å². The molecule has 0 saturated carbocycles. The van der Waals surface area contributed by atoms with E-state index in [1.807, 2.05) is 38.1 Å². The van der Waals surface area contributed by atoms with Crippen molar-refractivity contribution >= 4 is 17.3 Å². The maximum Gasteiger partial charge on any atom is 0.241 e. The Morgan fingerprint density at radius 3 is 2.52 bits per heavy atom. The van der Waals surface area contributed by atoms with E-state index in [1.165, 1.54) is 6.07 Å². The third kappa shape index (κ3) is 4.39. The lowest BCUT2D eigenvalue weighted by Crippen LogP contribution is -2.53. The van der Waals surface area contributed by atoms with Crippen LogP contribution in [0.5, 0.6) is 5.75 Å². The zero-order chi connectivity index (χ0) is 19.4. The Bertz CT molecular complexity index is 804. The van der Waals surface area contributed by atoms with E-state index in [9.17, 15) is 9.18 Å². The number of para-hydroxylation sites is 2. The molecule has 0 aliphatic carbocycles. The Labute approximate surface area is 159 Å². The van der Waals surface area contributed by atoms with Crippen LogP contribution in [0, 0.1) is 12.7 Å².